The van der Waals surface area contributed by atoms with E-state index in [0.717, 1.165) is 17.9 Å². The Bertz CT molecular complexity index is 824. The molecule has 1 heterocycles. The summed E-state index contributed by atoms with van der Waals surface area (Å²) in [5.41, 5.74) is 3.45. The van der Waals surface area contributed by atoms with Gasteiger partial charge in [0, 0.05) is 16.6 Å². The molecule has 0 bridgehead atoms. The van der Waals surface area contributed by atoms with Gasteiger partial charge in [0.05, 0.1) is 0 Å². The summed E-state index contributed by atoms with van der Waals surface area (Å²) >= 11 is 6.00. The Morgan fingerprint density at radius 3 is 2.52 bits per heavy atom. The maximum Gasteiger partial charge on any atom is 0.246 e. The monoisotopic (exact) mass is 354 g/mol. The van der Waals surface area contributed by atoms with Crippen molar-refractivity contribution < 1.29 is 0 Å². The van der Waals surface area contributed by atoms with Crippen molar-refractivity contribution in [1.29, 1.82) is 0 Å². The van der Waals surface area contributed by atoms with E-state index in [9.17, 15) is 0 Å². The van der Waals surface area contributed by atoms with E-state index in [1.165, 1.54) is 11.1 Å². The minimum absolute atomic E-state index is 0.149. The quantitative estimate of drug-likeness (QED) is 0.610. The Kier molecular flexibility index (Phi) is 5.39. The zero-order valence-electron chi connectivity index (χ0n) is 14.8. The lowest BCUT2D eigenvalue weighted by Gasteiger charge is -2.10. The normalized spacial score (nSPS) is 12.4. The summed E-state index contributed by atoms with van der Waals surface area (Å²) in [6.45, 7) is 6.60. The van der Waals surface area contributed by atoms with Crippen molar-refractivity contribution in [3.05, 3.63) is 70.5 Å². The van der Waals surface area contributed by atoms with Crippen molar-refractivity contribution in [2.24, 2.45) is 5.92 Å². The molecule has 0 spiro atoms. The molecule has 5 heteroatoms. The van der Waals surface area contributed by atoms with Crippen molar-refractivity contribution in [1.82, 2.24) is 15.2 Å². The van der Waals surface area contributed by atoms with Gasteiger partial charge in [0.25, 0.3) is 0 Å². The molecule has 0 saturated heterocycles. The van der Waals surface area contributed by atoms with Gasteiger partial charge in [-0.05, 0) is 41.7 Å². The lowest BCUT2D eigenvalue weighted by atomic mass is 9.96. The second-order valence-corrected chi connectivity index (χ2v) is 7.18. The Balaban J connectivity index is 1.70. The van der Waals surface area contributed by atoms with Crippen LogP contribution in [0, 0.1) is 5.92 Å². The largest absolute Gasteiger partial charge is 0.323 e. The molecule has 1 aromatic heterocycles. The minimum Gasteiger partial charge on any atom is -0.323 e. The standard InChI is InChI=1S/C20H23ClN4/c1-13(2)11-15-7-9-16(10-8-15)14(3)19-23-20(25-24-19)22-18-6-4-5-17(21)12-18/h4-10,12-14H,11H2,1-3H3,(H2,22,23,24,25). The summed E-state index contributed by atoms with van der Waals surface area (Å²) in [7, 11) is 0. The Morgan fingerprint density at radius 2 is 1.84 bits per heavy atom. The molecule has 0 aliphatic rings. The number of hydrogen-bond donors (Lipinski definition) is 2. The summed E-state index contributed by atoms with van der Waals surface area (Å²) in [5, 5.41) is 11.1. The molecular weight excluding hydrogens is 332 g/mol. The number of rotatable bonds is 6. The number of hydrogen-bond acceptors (Lipinski definition) is 3. The number of nitrogens with zero attached hydrogens (tertiary/aromatic N) is 2. The zero-order chi connectivity index (χ0) is 17.8. The van der Waals surface area contributed by atoms with Gasteiger partial charge in [0.2, 0.25) is 5.95 Å². The van der Waals surface area contributed by atoms with Gasteiger partial charge in [-0.1, -0.05) is 62.7 Å². The molecule has 0 fully saturated rings. The number of nitrogens with one attached hydrogen (secondary N) is 2. The van der Waals surface area contributed by atoms with Crippen LogP contribution < -0.4 is 5.32 Å². The average Bonchev–Trinajstić information content (AvgIpc) is 3.03. The molecule has 130 valence electrons. The van der Waals surface area contributed by atoms with E-state index >= 15 is 0 Å². The van der Waals surface area contributed by atoms with Gasteiger partial charge in [-0.15, -0.1) is 5.10 Å². The van der Waals surface area contributed by atoms with Crippen LogP contribution >= 0.6 is 11.6 Å². The summed E-state index contributed by atoms with van der Waals surface area (Å²) in [5.74, 6) is 2.19. The zero-order valence-corrected chi connectivity index (χ0v) is 15.5. The lowest BCUT2D eigenvalue weighted by Crippen LogP contribution is -2.00. The first-order chi connectivity index (χ1) is 12.0. The fourth-order valence-corrected chi connectivity index (χ4v) is 2.98. The van der Waals surface area contributed by atoms with E-state index in [1.807, 2.05) is 24.3 Å². The van der Waals surface area contributed by atoms with Crippen molar-refractivity contribution in [3.63, 3.8) is 0 Å². The molecular formula is C20H23ClN4. The van der Waals surface area contributed by atoms with Crippen LogP contribution in [0.1, 0.15) is 43.6 Å². The number of aromatic nitrogens is 3. The Labute approximate surface area is 153 Å². The molecule has 0 aliphatic carbocycles. The van der Waals surface area contributed by atoms with Crippen molar-refractivity contribution in [2.75, 3.05) is 5.32 Å². The molecule has 0 amide bonds. The molecule has 1 unspecified atom stereocenters. The number of benzene rings is 2. The van der Waals surface area contributed by atoms with Gasteiger partial charge in [-0.2, -0.15) is 4.98 Å². The van der Waals surface area contributed by atoms with Gasteiger partial charge in [0.1, 0.15) is 5.82 Å². The maximum absolute atomic E-state index is 6.00. The Hall–Kier alpha value is -2.33. The predicted octanol–water partition coefficient (Wildman–Crippen LogP) is 5.55. The highest BCUT2D eigenvalue weighted by molar-refractivity contribution is 6.30. The number of halogens is 1. The molecule has 0 saturated carbocycles. The summed E-state index contributed by atoms with van der Waals surface area (Å²) in [6, 6.07) is 16.2. The van der Waals surface area contributed by atoms with Crippen LogP contribution in [-0.2, 0) is 6.42 Å². The molecule has 3 rings (SSSR count). The van der Waals surface area contributed by atoms with E-state index in [-0.39, 0.29) is 5.92 Å². The first-order valence-electron chi connectivity index (χ1n) is 8.55. The molecule has 1 atom stereocenters. The fraction of sp³-hybridized carbons (Fsp3) is 0.300. The summed E-state index contributed by atoms with van der Waals surface area (Å²) in [4.78, 5) is 4.56. The second-order valence-electron chi connectivity index (χ2n) is 6.74. The lowest BCUT2D eigenvalue weighted by molar-refractivity contribution is 0.647. The third-order valence-corrected chi connectivity index (χ3v) is 4.35. The van der Waals surface area contributed by atoms with Crippen LogP contribution in [0.4, 0.5) is 11.6 Å². The van der Waals surface area contributed by atoms with Crippen LogP contribution in [-0.4, -0.2) is 15.2 Å². The van der Waals surface area contributed by atoms with E-state index in [1.54, 1.807) is 0 Å². The number of aromatic amines is 1. The molecule has 25 heavy (non-hydrogen) atoms. The highest BCUT2D eigenvalue weighted by Crippen LogP contribution is 2.24. The van der Waals surface area contributed by atoms with Crippen LogP contribution in [0.3, 0.4) is 0 Å². The molecule has 2 N–H and O–H groups in total. The average molecular weight is 355 g/mol. The predicted molar refractivity (Wildman–Crippen MR) is 104 cm³/mol. The van der Waals surface area contributed by atoms with Crippen LogP contribution in [0.25, 0.3) is 0 Å². The van der Waals surface area contributed by atoms with E-state index < -0.39 is 0 Å². The third-order valence-electron chi connectivity index (χ3n) is 4.12. The maximum atomic E-state index is 6.00. The minimum atomic E-state index is 0.149. The molecule has 0 aliphatic heterocycles. The van der Waals surface area contributed by atoms with Crippen molar-refractivity contribution in [2.45, 2.75) is 33.1 Å². The highest BCUT2D eigenvalue weighted by atomic mass is 35.5. The van der Waals surface area contributed by atoms with Gasteiger partial charge >= 0.3 is 0 Å². The SMILES string of the molecule is CC(C)Cc1ccc(C(C)c2nc(Nc3cccc(Cl)c3)n[nH]2)cc1. The second kappa shape index (κ2) is 7.70. The Morgan fingerprint density at radius 1 is 1.08 bits per heavy atom. The van der Waals surface area contributed by atoms with Gasteiger partial charge in [0.15, 0.2) is 0 Å². The van der Waals surface area contributed by atoms with Gasteiger partial charge in [-0.3, -0.25) is 5.10 Å². The molecule has 3 aromatic rings. The topological polar surface area (TPSA) is 53.6 Å². The van der Waals surface area contributed by atoms with E-state index in [0.29, 0.717) is 16.9 Å². The summed E-state index contributed by atoms with van der Waals surface area (Å²) < 4.78 is 0. The van der Waals surface area contributed by atoms with Gasteiger partial charge < -0.3 is 5.32 Å². The van der Waals surface area contributed by atoms with E-state index in [4.69, 9.17) is 11.6 Å². The first kappa shape index (κ1) is 17.5. The first-order valence-corrected chi connectivity index (χ1v) is 8.93. The molecule has 2 aromatic carbocycles. The molecule has 0 radical (unpaired) electrons. The third kappa shape index (κ3) is 4.60. The highest BCUT2D eigenvalue weighted by Gasteiger charge is 2.14. The number of H-pyrrole nitrogens is 1. The number of anilines is 2. The van der Waals surface area contributed by atoms with Crippen molar-refractivity contribution in [3.8, 4) is 0 Å². The van der Waals surface area contributed by atoms with Crippen LogP contribution in [0.15, 0.2) is 48.5 Å². The van der Waals surface area contributed by atoms with Crippen LogP contribution in [0.5, 0.6) is 0 Å². The van der Waals surface area contributed by atoms with Crippen LogP contribution in [0.2, 0.25) is 5.02 Å². The summed E-state index contributed by atoms with van der Waals surface area (Å²) in [6.07, 6.45) is 1.10. The van der Waals surface area contributed by atoms with Crippen molar-refractivity contribution >= 4 is 23.2 Å². The fourth-order valence-electron chi connectivity index (χ4n) is 2.79. The van der Waals surface area contributed by atoms with E-state index in [2.05, 4.69) is 65.5 Å². The smallest absolute Gasteiger partial charge is 0.246 e. The van der Waals surface area contributed by atoms with Gasteiger partial charge in [-0.25, -0.2) is 0 Å². The molecule has 4 nitrogen and oxygen atoms in total.